The van der Waals surface area contributed by atoms with Crippen LogP contribution in [-0.4, -0.2) is 37.5 Å². The van der Waals surface area contributed by atoms with Crippen LogP contribution in [0.15, 0.2) is 57.5 Å². The van der Waals surface area contributed by atoms with Gasteiger partial charge < -0.3 is 14.2 Å². The Morgan fingerprint density at radius 2 is 1.89 bits per heavy atom. The van der Waals surface area contributed by atoms with E-state index in [-0.39, 0.29) is 21.5 Å². The fourth-order valence-corrected chi connectivity index (χ4v) is 5.95. The third-order valence-corrected chi connectivity index (χ3v) is 7.57. The van der Waals surface area contributed by atoms with Crippen molar-refractivity contribution in [2.75, 3.05) is 20.8 Å². The van der Waals surface area contributed by atoms with Crippen LogP contribution in [0.1, 0.15) is 24.1 Å². The Bertz CT molecular complexity index is 1610. The number of allylic oxidation sites excluding steroid dienone is 1. The molecule has 1 atom stereocenters. The number of halogens is 5. The maximum atomic E-state index is 14.2. The lowest BCUT2D eigenvalue weighted by atomic mass is 9.95. The highest BCUT2D eigenvalue weighted by atomic mass is 127. The Balaban J connectivity index is 2.03. The summed E-state index contributed by atoms with van der Waals surface area (Å²) in [7, 11) is 2.96. The molecule has 0 unspecified atom stereocenters. The fourth-order valence-electron chi connectivity index (χ4n) is 3.97. The van der Waals surface area contributed by atoms with Gasteiger partial charge in [0.15, 0.2) is 22.0 Å². The molecule has 1 aliphatic rings. The molecule has 0 radical (unpaired) electrons. The summed E-state index contributed by atoms with van der Waals surface area (Å²) in [4.78, 5) is 30.1. The molecule has 0 amide bonds. The Morgan fingerprint density at radius 1 is 1.21 bits per heavy atom. The maximum Gasteiger partial charge on any atom is 0.434 e. The number of hydrogen-bond acceptors (Lipinski definition) is 7. The van der Waals surface area contributed by atoms with Crippen molar-refractivity contribution in [2.24, 2.45) is 4.99 Å². The molecule has 1 aromatic heterocycles. The van der Waals surface area contributed by atoms with Crippen LogP contribution in [0.2, 0.25) is 5.02 Å². The number of benzene rings is 2. The van der Waals surface area contributed by atoms with E-state index in [0.717, 1.165) is 15.9 Å². The van der Waals surface area contributed by atoms with E-state index in [4.69, 9.17) is 25.8 Å². The van der Waals surface area contributed by atoms with Crippen LogP contribution in [-0.2, 0) is 9.53 Å². The van der Waals surface area contributed by atoms with Crippen LogP contribution in [0.4, 0.5) is 13.2 Å². The number of methoxy groups -OCH3 is 2. The third kappa shape index (κ3) is 5.34. The van der Waals surface area contributed by atoms with Gasteiger partial charge in [0, 0.05) is 5.02 Å². The summed E-state index contributed by atoms with van der Waals surface area (Å²) in [6, 6.07) is 7.79. The van der Waals surface area contributed by atoms with Crippen molar-refractivity contribution in [2.45, 2.75) is 19.1 Å². The number of ether oxygens (including phenoxy) is 3. The highest BCUT2D eigenvalue weighted by Gasteiger charge is 2.45. The topological polar surface area (TPSA) is 79.1 Å². The number of esters is 1. The maximum absolute atomic E-state index is 14.2. The van der Waals surface area contributed by atoms with E-state index in [2.05, 4.69) is 4.99 Å². The number of nitrogens with zero attached hydrogens (tertiary/aromatic N) is 2. The number of aromatic nitrogens is 1. The van der Waals surface area contributed by atoms with Crippen molar-refractivity contribution >= 4 is 57.6 Å². The van der Waals surface area contributed by atoms with E-state index in [9.17, 15) is 22.8 Å². The van der Waals surface area contributed by atoms with Gasteiger partial charge in [0.25, 0.3) is 5.56 Å². The first-order valence-electron chi connectivity index (χ1n) is 11.0. The zero-order valence-electron chi connectivity index (χ0n) is 20.1. The number of thiazole rings is 1. The first-order chi connectivity index (χ1) is 18.0. The summed E-state index contributed by atoms with van der Waals surface area (Å²) < 4.78 is 60.1. The minimum Gasteiger partial charge on any atom is -0.493 e. The molecule has 13 heteroatoms. The van der Waals surface area contributed by atoms with Gasteiger partial charge in [0.2, 0.25) is 0 Å². The molecular weight excluding hydrogens is 660 g/mol. The average molecular weight is 679 g/mol. The summed E-state index contributed by atoms with van der Waals surface area (Å²) in [6.45, 7) is 1.31. The molecule has 0 saturated carbocycles. The average Bonchev–Trinajstić information content (AvgIpc) is 3.17. The monoisotopic (exact) mass is 678 g/mol. The lowest BCUT2D eigenvalue weighted by Crippen LogP contribution is -2.41. The first kappa shape index (κ1) is 28.2. The molecule has 0 bridgehead atoms. The van der Waals surface area contributed by atoms with E-state index < -0.39 is 35.0 Å². The van der Waals surface area contributed by atoms with Crippen LogP contribution in [0.5, 0.6) is 11.5 Å². The van der Waals surface area contributed by atoms with E-state index in [1.807, 2.05) is 22.6 Å². The minimum atomic E-state index is -4.98. The first-order valence-corrected chi connectivity index (χ1v) is 13.2. The molecule has 0 N–H and O–H groups in total. The minimum absolute atomic E-state index is 0.109. The Kier molecular flexibility index (Phi) is 8.23. The molecule has 3 aromatic rings. The number of rotatable bonds is 6. The van der Waals surface area contributed by atoms with Crippen molar-refractivity contribution in [3.63, 3.8) is 0 Å². The smallest absolute Gasteiger partial charge is 0.434 e. The van der Waals surface area contributed by atoms with Gasteiger partial charge in [0.05, 0.1) is 40.5 Å². The fraction of sp³-hybridized carbons (Fsp3) is 0.240. The third-order valence-electron chi connectivity index (χ3n) is 5.53. The molecule has 0 aliphatic carbocycles. The molecule has 38 heavy (non-hydrogen) atoms. The van der Waals surface area contributed by atoms with Crippen molar-refractivity contribution in [1.82, 2.24) is 4.57 Å². The largest absolute Gasteiger partial charge is 0.493 e. The summed E-state index contributed by atoms with van der Waals surface area (Å²) in [6.07, 6.45) is -3.46. The summed E-state index contributed by atoms with van der Waals surface area (Å²) in [5.41, 5.74) is -2.02. The van der Waals surface area contributed by atoms with Gasteiger partial charge in [-0.1, -0.05) is 35.1 Å². The van der Waals surface area contributed by atoms with Gasteiger partial charge in [-0.15, -0.1) is 0 Å². The van der Waals surface area contributed by atoms with Gasteiger partial charge in [-0.2, -0.15) is 13.2 Å². The van der Waals surface area contributed by atoms with Crippen molar-refractivity contribution < 1.29 is 32.2 Å². The molecule has 4 rings (SSSR count). The van der Waals surface area contributed by atoms with Crippen LogP contribution >= 0.6 is 45.5 Å². The van der Waals surface area contributed by atoms with E-state index in [1.165, 1.54) is 51.5 Å². The lowest BCUT2D eigenvalue weighted by Gasteiger charge is -2.26. The molecule has 0 spiro atoms. The van der Waals surface area contributed by atoms with Crippen LogP contribution in [0.25, 0.3) is 6.08 Å². The van der Waals surface area contributed by atoms with Crippen molar-refractivity contribution in [1.29, 1.82) is 0 Å². The zero-order valence-corrected chi connectivity index (χ0v) is 23.8. The Labute approximate surface area is 237 Å². The molecule has 0 fully saturated rings. The normalized spacial score (nSPS) is 15.7. The van der Waals surface area contributed by atoms with E-state index in [1.54, 1.807) is 12.1 Å². The quantitative estimate of drug-likeness (QED) is 0.281. The number of alkyl halides is 3. The van der Waals surface area contributed by atoms with Gasteiger partial charge in [0.1, 0.15) is 0 Å². The second kappa shape index (κ2) is 11.1. The van der Waals surface area contributed by atoms with Crippen LogP contribution < -0.4 is 24.4 Å². The predicted molar refractivity (Wildman–Crippen MR) is 144 cm³/mol. The number of carbonyl (C=O) groups is 1. The lowest BCUT2D eigenvalue weighted by molar-refractivity contribution is -0.140. The van der Waals surface area contributed by atoms with Gasteiger partial charge in [-0.05, 0) is 71.0 Å². The summed E-state index contributed by atoms with van der Waals surface area (Å²) in [5, 5.41) is 0.335. The standard InChI is InChI=1S/C25H19ClF3IN2O5S/c1-4-37-23(34)18-19(13-5-7-14(26)8-6-13)32-22(33)17(38-24(32)31-21(18)25(27,28)29)11-12-9-15(30)20(36-3)16(10-12)35-2/h5-11,19H,4H2,1-3H3/b17-11-/t19-/m0/s1. The van der Waals surface area contributed by atoms with Crippen LogP contribution in [0.3, 0.4) is 0 Å². The Morgan fingerprint density at radius 3 is 2.47 bits per heavy atom. The molecule has 200 valence electrons. The van der Waals surface area contributed by atoms with Gasteiger partial charge >= 0.3 is 12.1 Å². The Hall–Kier alpha value is -2.84. The predicted octanol–water partition coefficient (Wildman–Crippen LogP) is 4.62. The molecule has 2 heterocycles. The van der Waals surface area contributed by atoms with E-state index >= 15 is 0 Å². The summed E-state index contributed by atoms with van der Waals surface area (Å²) >= 11 is 8.82. The highest BCUT2D eigenvalue weighted by Crippen LogP contribution is 2.38. The molecule has 0 saturated heterocycles. The molecule has 2 aromatic carbocycles. The van der Waals surface area contributed by atoms with Crippen molar-refractivity contribution in [3.8, 4) is 11.5 Å². The van der Waals surface area contributed by atoms with E-state index in [0.29, 0.717) is 25.7 Å². The number of carbonyl (C=O) groups excluding carboxylic acids is 1. The zero-order chi connectivity index (χ0) is 27.8. The number of fused-ring (bicyclic) bond motifs is 1. The van der Waals surface area contributed by atoms with Gasteiger partial charge in [-0.25, -0.2) is 9.79 Å². The second-order valence-electron chi connectivity index (χ2n) is 7.85. The molecule has 7 nitrogen and oxygen atoms in total. The van der Waals surface area contributed by atoms with Gasteiger partial charge in [-0.3, -0.25) is 9.36 Å². The second-order valence-corrected chi connectivity index (χ2v) is 10.5. The molecule has 1 aliphatic heterocycles. The SMILES string of the molecule is CCOC(=O)C1=C(C(F)(F)F)N=c2s/c(=C\c3cc(I)c(OC)c(OC)c3)c(=O)n2[C@H]1c1ccc(Cl)cc1. The van der Waals surface area contributed by atoms with Crippen molar-refractivity contribution in [3.05, 3.63) is 87.1 Å². The highest BCUT2D eigenvalue weighted by molar-refractivity contribution is 14.1. The molecular formula is C25H19ClF3IN2O5S. The summed E-state index contributed by atoms with van der Waals surface area (Å²) in [5.74, 6) is -0.294. The van der Waals surface area contributed by atoms with Crippen LogP contribution in [0, 0.1) is 3.57 Å². The number of hydrogen-bond donors (Lipinski definition) is 0.